The first-order valence-corrected chi connectivity index (χ1v) is 6.53. The first-order valence-electron chi connectivity index (χ1n) is 6.53. The van der Waals surface area contributed by atoms with Crippen LogP contribution in [0, 0.1) is 0 Å². The molecular weight excluding hydrogens is 200 g/mol. The molecule has 1 saturated heterocycles. The summed E-state index contributed by atoms with van der Waals surface area (Å²) in [6.07, 6.45) is 4.12. The topological polar surface area (TPSA) is 24.5 Å². The molecule has 0 aromatic heterocycles. The molecule has 0 aromatic carbocycles. The number of rotatable bonds is 6. The summed E-state index contributed by atoms with van der Waals surface area (Å²) in [7, 11) is 1.76. The molecule has 0 radical (unpaired) electrons. The molecule has 16 heavy (non-hydrogen) atoms. The van der Waals surface area contributed by atoms with E-state index in [1.807, 2.05) is 0 Å². The van der Waals surface area contributed by atoms with Crippen LogP contribution in [-0.4, -0.2) is 49.8 Å². The zero-order valence-electron chi connectivity index (χ0n) is 11.4. The van der Waals surface area contributed by atoms with Gasteiger partial charge in [0.1, 0.15) is 0 Å². The van der Waals surface area contributed by atoms with E-state index in [0.29, 0.717) is 6.04 Å². The molecule has 0 aliphatic carbocycles. The van der Waals surface area contributed by atoms with Crippen LogP contribution in [0.5, 0.6) is 0 Å². The second-order valence-corrected chi connectivity index (χ2v) is 5.60. The van der Waals surface area contributed by atoms with Crippen molar-refractivity contribution in [2.24, 2.45) is 0 Å². The summed E-state index contributed by atoms with van der Waals surface area (Å²) >= 11 is 0. The summed E-state index contributed by atoms with van der Waals surface area (Å²) in [5.74, 6) is 0. The van der Waals surface area contributed by atoms with Crippen molar-refractivity contribution in [2.75, 3.05) is 33.4 Å². The lowest BCUT2D eigenvalue weighted by atomic mass is 9.98. The van der Waals surface area contributed by atoms with Crippen molar-refractivity contribution in [1.82, 2.24) is 10.2 Å². The Balaban J connectivity index is 2.31. The molecule has 1 rings (SSSR count). The second-order valence-electron chi connectivity index (χ2n) is 5.60. The van der Waals surface area contributed by atoms with Gasteiger partial charge in [-0.25, -0.2) is 0 Å². The van der Waals surface area contributed by atoms with Crippen LogP contribution in [0.25, 0.3) is 0 Å². The van der Waals surface area contributed by atoms with Gasteiger partial charge in [0.25, 0.3) is 0 Å². The zero-order chi connectivity index (χ0) is 12.0. The first-order chi connectivity index (χ1) is 7.56. The quantitative estimate of drug-likeness (QED) is 0.751. The molecule has 1 unspecified atom stereocenters. The van der Waals surface area contributed by atoms with Crippen LogP contribution in [-0.2, 0) is 4.74 Å². The van der Waals surface area contributed by atoms with E-state index in [1.54, 1.807) is 7.11 Å². The van der Waals surface area contributed by atoms with Crippen LogP contribution in [0.15, 0.2) is 0 Å². The number of likely N-dealkylation sites (tertiary alicyclic amines) is 1. The van der Waals surface area contributed by atoms with E-state index in [-0.39, 0.29) is 5.54 Å². The molecule has 0 aromatic rings. The van der Waals surface area contributed by atoms with Gasteiger partial charge in [-0.15, -0.1) is 0 Å². The van der Waals surface area contributed by atoms with E-state index >= 15 is 0 Å². The molecule has 1 aliphatic heterocycles. The number of methoxy groups -OCH3 is 1. The number of nitrogens with zero attached hydrogens (tertiary/aromatic N) is 1. The largest absolute Gasteiger partial charge is 0.383 e. The van der Waals surface area contributed by atoms with Crippen molar-refractivity contribution in [3.05, 3.63) is 0 Å². The number of hydrogen-bond donors (Lipinski definition) is 1. The van der Waals surface area contributed by atoms with Gasteiger partial charge in [-0.1, -0.05) is 6.42 Å². The number of ether oxygens (including phenoxy) is 1. The van der Waals surface area contributed by atoms with Gasteiger partial charge >= 0.3 is 0 Å². The summed E-state index contributed by atoms with van der Waals surface area (Å²) in [5, 5.41) is 3.55. The van der Waals surface area contributed by atoms with Gasteiger partial charge in [0, 0.05) is 25.2 Å². The molecule has 0 amide bonds. The van der Waals surface area contributed by atoms with Crippen LogP contribution in [0.2, 0.25) is 0 Å². The van der Waals surface area contributed by atoms with Crippen LogP contribution < -0.4 is 5.32 Å². The predicted octanol–water partition coefficient (Wildman–Crippen LogP) is 1.88. The van der Waals surface area contributed by atoms with Crippen LogP contribution in [0.3, 0.4) is 0 Å². The molecular formula is C13H28N2O. The molecule has 1 fully saturated rings. The van der Waals surface area contributed by atoms with Crippen LogP contribution in [0.4, 0.5) is 0 Å². The lowest BCUT2D eigenvalue weighted by Gasteiger charge is -2.41. The zero-order valence-corrected chi connectivity index (χ0v) is 11.4. The Bertz CT molecular complexity index is 188. The normalized spacial score (nSPS) is 21.0. The van der Waals surface area contributed by atoms with Crippen molar-refractivity contribution in [1.29, 1.82) is 0 Å². The van der Waals surface area contributed by atoms with Gasteiger partial charge in [-0.05, 0) is 46.7 Å². The van der Waals surface area contributed by atoms with E-state index in [0.717, 1.165) is 13.2 Å². The highest BCUT2D eigenvalue weighted by molar-refractivity contribution is 4.86. The number of nitrogens with one attached hydrogen (secondary N) is 1. The third kappa shape index (κ3) is 4.40. The van der Waals surface area contributed by atoms with E-state index in [1.165, 1.54) is 32.4 Å². The average Bonchev–Trinajstić information content (AvgIpc) is 2.28. The van der Waals surface area contributed by atoms with Gasteiger partial charge < -0.3 is 10.1 Å². The van der Waals surface area contributed by atoms with E-state index in [9.17, 15) is 0 Å². The lowest BCUT2D eigenvalue weighted by Crippen LogP contribution is -2.54. The monoisotopic (exact) mass is 228 g/mol. The average molecular weight is 228 g/mol. The molecule has 0 bridgehead atoms. The molecule has 3 nitrogen and oxygen atoms in total. The minimum absolute atomic E-state index is 0.266. The smallest absolute Gasteiger partial charge is 0.0613 e. The van der Waals surface area contributed by atoms with Gasteiger partial charge in [-0.3, -0.25) is 4.90 Å². The van der Waals surface area contributed by atoms with Gasteiger partial charge in [0.05, 0.1) is 6.61 Å². The third-order valence-corrected chi connectivity index (χ3v) is 3.51. The van der Waals surface area contributed by atoms with Gasteiger partial charge in [0.15, 0.2) is 0 Å². The maximum atomic E-state index is 5.14. The summed E-state index contributed by atoms with van der Waals surface area (Å²) in [4.78, 5) is 2.61. The Morgan fingerprint density at radius 3 is 2.44 bits per heavy atom. The number of piperidine rings is 1. The fourth-order valence-electron chi connectivity index (χ4n) is 2.34. The number of hydrogen-bond acceptors (Lipinski definition) is 3. The van der Waals surface area contributed by atoms with Crippen molar-refractivity contribution in [3.8, 4) is 0 Å². The minimum atomic E-state index is 0.266. The standard InChI is InChI=1S/C13H28N2O/c1-12(10-16-4)14-11-13(2,3)15-8-6-5-7-9-15/h12,14H,5-11H2,1-4H3. The first kappa shape index (κ1) is 13.9. The van der Waals surface area contributed by atoms with E-state index < -0.39 is 0 Å². The molecule has 0 spiro atoms. The highest BCUT2D eigenvalue weighted by atomic mass is 16.5. The van der Waals surface area contributed by atoms with Crippen molar-refractivity contribution < 1.29 is 4.74 Å². The minimum Gasteiger partial charge on any atom is -0.383 e. The van der Waals surface area contributed by atoms with Crippen molar-refractivity contribution in [2.45, 2.75) is 51.6 Å². The maximum absolute atomic E-state index is 5.14. The Morgan fingerprint density at radius 2 is 1.88 bits per heavy atom. The SMILES string of the molecule is COCC(C)NCC(C)(C)N1CCCCC1. The van der Waals surface area contributed by atoms with Gasteiger partial charge in [0.2, 0.25) is 0 Å². The lowest BCUT2D eigenvalue weighted by molar-refractivity contribution is 0.0867. The molecule has 1 aliphatic rings. The fraction of sp³-hybridized carbons (Fsp3) is 1.00. The van der Waals surface area contributed by atoms with Gasteiger partial charge in [-0.2, -0.15) is 0 Å². The summed E-state index contributed by atoms with van der Waals surface area (Å²) in [5.41, 5.74) is 0.266. The molecule has 96 valence electrons. The van der Waals surface area contributed by atoms with Crippen molar-refractivity contribution >= 4 is 0 Å². The fourth-order valence-corrected chi connectivity index (χ4v) is 2.34. The van der Waals surface area contributed by atoms with Crippen LogP contribution in [0.1, 0.15) is 40.0 Å². The van der Waals surface area contributed by atoms with Crippen molar-refractivity contribution in [3.63, 3.8) is 0 Å². The molecule has 0 saturated carbocycles. The summed E-state index contributed by atoms with van der Waals surface area (Å²) < 4.78 is 5.14. The molecule has 3 heteroatoms. The Hall–Kier alpha value is -0.120. The highest BCUT2D eigenvalue weighted by Gasteiger charge is 2.27. The summed E-state index contributed by atoms with van der Waals surface area (Å²) in [6, 6.07) is 0.439. The Morgan fingerprint density at radius 1 is 1.25 bits per heavy atom. The van der Waals surface area contributed by atoms with Crippen LogP contribution >= 0.6 is 0 Å². The van der Waals surface area contributed by atoms with E-state index in [2.05, 4.69) is 31.0 Å². The third-order valence-electron chi connectivity index (χ3n) is 3.51. The second kappa shape index (κ2) is 6.58. The summed E-state index contributed by atoms with van der Waals surface area (Å²) in [6.45, 7) is 11.2. The highest BCUT2D eigenvalue weighted by Crippen LogP contribution is 2.19. The Labute approximate surface area is 101 Å². The van der Waals surface area contributed by atoms with E-state index in [4.69, 9.17) is 4.74 Å². The predicted molar refractivity (Wildman–Crippen MR) is 68.8 cm³/mol. The molecule has 1 N–H and O–H groups in total. The molecule has 1 atom stereocenters. The molecule has 1 heterocycles. The Kier molecular flexibility index (Phi) is 5.73. The maximum Gasteiger partial charge on any atom is 0.0613 e.